The van der Waals surface area contributed by atoms with Gasteiger partial charge in [-0.3, -0.25) is 5.32 Å². The average Bonchev–Trinajstić information content (AvgIpc) is 2.83. The monoisotopic (exact) mass is 313 g/mol. The van der Waals surface area contributed by atoms with Crippen LogP contribution in [0, 0.1) is 0 Å². The fourth-order valence-electron chi connectivity index (χ4n) is 1.30. The fourth-order valence-corrected chi connectivity index (χ4v) is 2.09. The minimum absolute atomic E-state index is 0.261. The van der Waals surface area contributed by atoms with E-state index >= 15 is 0 Å². The maximum Gasteiger partial charge on any atom is 0.411 e. The largest absolute Gasteiger partial charge is 0.448 e. The Kier molecular flexibility index (Phi) is 5.19. The van der Waals surface area contributed by atoms with Gasteiger partial charge in [0.2, 0.25) is 5.16 Å². The number of nitrogens with zero attached hydrogens (tertiary/aromatic N) is 4. The van der Waals surface area contributed by atoms with E-state index in [1.165, 1.54) is 11.8 Å². The number of rotatable bonds is 5. The second-order valence-electron chi connectivity index (χ2n) is 3.70. The number of aryl methyl sites for hydroxylation is 1. The fraction of sp³-hybridized carbons (Fsp3) is 0.273. The number of aromatic nitrogens is 4. The van der Waals surface area contributed by atoms with Gasteiger partial charge < -0.3 is 4.74 Å². The molecule has 0 atom stereocenters. The van der Waals surface area contributed by atoms with Crippen molar-refractivity contribution in [3.05, 3.63) is 29.3 Å². The highest BCUT2D eigenvalue weighted by atomic mass is 35.5. The van der Waals surface area contributed by atoms with Gasteiger partial charge >= 0.3 is 6.09 Å². The van der Waals surface area contributed by atoms with Crippen LogP contribution in [0.5, 0.6) is 0 Å². The molecule has 1 heterocycles. The number of thioether (sulfide) groups is 1. The van der Waals surface area contributed by atoms with E-state index in [1.807, 2.05) is 0 Å². The molecular formula is C11H12ClN5O2S. The summed E-state index contributed by atoms with van der Waals surface area (Å²) in [7, 11) is 1.75. The molecule has 0 radical (unpaired) electrons. The summed E-state index contributed by atoms with van der Waals surface area (Å²) in [5, 5.41) is 14.9. The van der Waals surface area contributed by atoms with Crippen molar-refractivity contribution in [3.8, 4) is 0 Å². The van der Waals surface area contributed by atoms with Crippen molar-refractivity contribution in [1.82, 2.24) is 20.2 Å². The number of hydrogen-bond acceptors (Lipinski definition) is 6. The summed E-state index contributed by atoms with van der Waals surface area (Å²) in [6.07, 6.45) is -0.510. The van der Waals surface area contributed by atoms with Crippen LogP contribution in [-0.2, 0) is 11.8 Å². The summed E-state index contributed by atoms with van der Waals surface area (Å²) in [6.45, 7) is 0.261. The van der Waals surface area contributed by atoms with E-state index in [1.54, 1.807) is 36.0 Å². The van der Waals surface area contributed by atoms with Crippen LogP contribution in [0.4, 0.5) is 10.5 Å². The molecule has 0 unspecified atom stereocenters. The van der Waals surface area contributed by atoms with Crippen molar-refractivity contribution in [2.75, 3.05) is 17.7 Å². The minimum atomic E-state index is -0.510. The van der Waals surface area contributed by atoms with E-state index in [0.717, 1.165) is 0 Å². The molecule has 0 aliphatic heterocycles. The van der Waals surface area contributed by atoms with Gasteiger partial charge in [0, 0.05) is 23.5 Å². The first kappa shape index (κ1) is 14.6. The van der Waals surface area contributed by atoms with Crippen molar-refractivity contribution in [2.24, 2.45) is 7.05 Å². The Bertz CT molecular complexity index is 574. The molecule has 2 rings (SSSR count). The van der Waals surface area contributed by atoms with E-state index in [0.29, 0.717) is 21.6 Å². The second kappa shape index (κ2) is 7.11. The van der Waals surface area contributed by atoms with Crippen molar-refractivity contribution >= 4 is 35.1 Å². The number of hydrogen-bond donors (Lipinski definition) is 1. The lowest BCUT2D eigenvalue weighted by molar-refractivity contribution is 0.169. The molecule has 0 aliphatic carbocycles. The third-order valence-electron chi connectivity index (χ3n) is 2.22. The Morgan fingerprint density at radius 3 is 2.85 bits per heavy atom. The average molecular weight is 314 g/mol. The van der Waals surface area contributed by atoms with Crippen LogP contribution in [0.1, 0.15) is 0 Å². The van der Waals surface area contributed by atoms with E-state index in [2.05, 4.69) is 20.8 Å². The van der Waals surface area contributed by atoms with Gasteiger partial charge in [0.15, 0.2) is 0 Å². The molecule has 0 bridgehead atoms. The lowest BCUT2D eigenvalue weighted by Gasteiger charge is -2.06. The number of nitrogens with one attached hydrogen (secondary N) is 1. The van der Waals surface area contributed by atoms with E-state index in [9.17, 15) is 4.79 Å². The number of carbonyl (C=O) groups is 1. The highest BCUT2D eigenvalue weighted by Gasteiger charge is 2.05. The second-order valence-corrected chi connectivity index (χ2v) is 5.20. The standard InChI is InChI=1S/C11H12ClN5O2S/c1-17-10(14-15-16-17)20-7-6-19-11(18)13-9-4-2-8(12)3-5-9/h2-5H,6-7H2,1H3,(H,13,18). The molecular weight excluding hydrogens is 302 g/mol. The number of anilines is 1. The summed E-state index contributed by atoms with van der Waals surface area (Å²) in [4.78, 5) is 11.5. The zero-order chi connectivity index (χ0) is 14.4. The van der Waals surface area contributed by atoms with Crippen LogP contribution in [0.2, 0.25) is 5.02 Å². The van der Waals surface area contributed by atoms with Crippen LogP contribution >= 0.6 is 23.4 Å². The minimum Gasteiger partial charge on any atom is -0.448 e. The first-order chi connectivity index (χ1) is 9.65. The maximum atomic E-state index is 11.5. The molecule has 2 aromatic rings. The molecule has 1 aromatic carbocycles. The van der Waals surface area contributed by atoms with Crippen molar-refractivity contribution in [2.45, 2.75) is 5.16 Å². The third kappa shape index (κ3) is 4.39. The maximum absolute atomic E-state index is 11.5. The molecule has 1 N–H and O–H groups in total. The number of carbonyl (C=O) groups excluding carboxylic acids is 1. The van der Waals surface area contributed by atoms with Crippen LogP contribution in [0.25, 0.3) is 0 Å². The molecule has 0 saturated carbocycles. The predicted molar refractivity (Wildman–Crippen MR) is 75.9 cm³/mol. The molecule has 0 aliphatic rings. The lowest BCUT2D eigenvalue weighted by atomic mass is 10.3. The summed E-state index contributed by atoms with van der Waals surface area (Å²) in [5.74, 6) is 0.572. The SMILES string of the molecule is Cn1nnnc1SCCOC(=O)Nc1ccc(Cl)cc1. The summed E-state index contributed by atoms with van der Waals surface area (Å²) < 4.78 is 6.59. The molecule has 1 aromatic heterocycles. The highest BCUT2D eigenvalue weighted by Crippen LogP contribution is 2.14. The van der Waals surface area contributed by atoms with Crippen molar-refractivity contribution < 1.29 is 9.53 Å². The highest BCUT2D eigenvalue weighted by molar-refractivity contribution is 7.99. The van der Waals surface area contributed by atoms with Gasteiger partial charge in [0.1, 0.15) is 6.61 Å². The molecule has 9 heteroatoms. The quantitative estimate of drug-likeness (QED) is 0.673. The van der Waals surface area contributed by atoms with Gasteiger partial charge in [-0.1, -0.05) is 23.4 Å². The topological polar surface area (TPSA) is 81.9 Å². The molecule has 20 heavy (non-hydrogen) atoms. The lowest BCUT2D eigenvalue weighted by Crippen LogP contribution is -2.15. The molecule has 106 valence electrons. The number of halogens is 1. The van der Waals surface area contributed by atoms with E-state index in [4.69, 9.17) is 16.3 Å². The molecule has 0 saturated heterocycles. The van der Waals surface area contributed by atoms with Crippen LogP contribution in [-0.4, -0.2) is 38.7 Å². The van der Waals surface area contributed by atoms with Crippen molar-refractivity contribution in [1.29, 1.82) is 0 Å². The summed E-state index contributed by atoms with van der Waals surface area (Å²) >= 11 is 7.16. The Labute approximate surface area is 124 Å². The molecule has 1 amide bonds. The van der Waals surface area contributed by atoms with Crippen LogP contribution < -0.4 is 5.32 Å². The Hall–Kier alpha value is -1.80. The van der Waals surface area contributed by atoms with Gasteiger partial charge in [-0.15, -0.1) is 5.10 Å². The molecule has 7 nitrogen and oxygen atoms in total. The van der Waals surface area contributed by atoms with Crippen molar-refractivity contribution in [3.63, 3.8) is 0 Å². The van der Waals surface area contributed by atoms with E-state index in [-0.39, 0.29) is 6.61 Å². The Morgan fingerprint density at radius 1 is 1.45 bits per heavy atom. The number of benzene rings is 1. The van der Waals surface area contributed by atoms with Gasteiger partial charge in [-0.05, 0) is 34.7 Å². The molecule has 0 spiro atoms. The first-order valence-electron chi connectivity index (χ1n) is 5.69. The summed E-state index contributed by atoms with van der Waals surface area (Å²) in [6, 6.07) is 6.77. The number of amides is 1. The van der Waals surface area contributed by atoms with Gasteiger partial charge in [0.05, 0.1) is 0 Å². The third-order valence-corrected chi connectivity index (χ3v) is 3.45. The predicted octanol–water partition coefficient (Wildman–Crippen LogP) is 2.20. The number of ether oxygens (including phenoxy) is 1. The Morgan fingerprint density at radius 2 is 2.20 bits per heavy atom. The van der Waals surface area contributed by atoms with Gasteiger partial charge in [-0.2, -0.15) is 0 Å². The number of tetrazole rings is 1. The van der Waals surface area contributed by atoms with Crippen LogP contribution in [0.15, 0.2) is 29.4 Å². The Balaban J connectivity index is 1.68. The zero-order valence-corrected chi connectivity index (χ0v) is 12.2. The summed E-state index contributed by atoms with van der Waals surface area (Å²) in [5.41, 5.74) is 0.629. The zero-order valence-electron chi connectivity index (χ0n) is 10.6. The van der Waals surface area contributed by atoms with Gasteiger partial charge in [0.25, 0.3) is 0 Å². The van der Waals surface area contributed by atoms with Crippen LogP contribution in [0.3, 0.4) is 0 Å². The van der Waals surface area contributed by atoms with E-state index < -0.39 is 6.09 Å². The normalized spacial score (nSPS) is 10.3. The smallest absolute Gasteiger partial charge is 0.411 e. The first-order valence-corrected chi connectivity index (χ1v) is 7.06. The van der Waals surface area contributed by atoms with Gasteiger partial charge in [-0.25, -0.2) is 9.48 Å². The molecule has 0 fully saturated rings.